The van der Waals surface area contributed by atoms with Crippen LogP contribution in [-0.2, 0) is 26.2 Å². The van der Waals surface area contributed by atoms with Gasteiger partial charge < -0.3 is 15.0 Å². The molecule has 0 saturated carbocycles. The van der Waals surface area contributed by atoms with Gasteiger partial charge in [0.15, 0.2) is 0 Å². The van der Waals surface area contributed by atoms with E-state index in [1.165, 1.54) is 17.0 Å². The minimum atomic E-state index is -4.10. The van der Waals surface area contributed by atoms with Crippen LogP contribution in [0.2, 0.25) is 0 Å². The first-order valence-electron chi connectivity index (χ1n) is 14.4. The maximum atomic E-state index is 14.2. The first kappa shape index (κ1) is 32.7. The summed E-state index contributed by atoms with van der Waals surface area (Å²) in [7, 11) is -2.53. The number of sulfonamides is 1. The molecule has 1 N–H and O–H groups in total. The molecule has 8 nitrogen and oxygen atoms in total. The SMILES string of the molecule is CCC(C)NC(=O)C(CC)N(Cc1ccc(OC)cc1)C(=O)CN(c1ccc(C(C)C)cc1)S(=O)(=O)c1ccccc1. The molecule has 9 heteroatoms. The fraction of sp³-hybridized carbons (Fsp3) is 0.394. The summed E-state index contributed by atoms with van der Waals surface area (Å²) in [4.78, 5) is 29.1. The molecule has 0 radical (unpaired) electrons. The second-order valence-electron chi connectivity index (χ2n) is 10.7. The molecule has 3 aromatic carbocycles. The maximum Gasteiger partial charge on any atom is 0.264 e. The zero-order chi connectivity index (χ0) is 30.9. The van der Waals surface area contributed by atoms with Crippen molar-refractivity contribution in [2.75, 3.05) is 18.0 Å². The van der Waals surface area contributed by atoms with Gasteiger partial charge in [-0.25, -0.2) is 8.42 Å². The fourth-order valence-electron chi connectivity index (χ4n) is 4.56. The van der Waals surface area contributed by atoms with Crippen LogP contribution in [0.25, 0.3) is 0 Å². The molecule has 0 aromatic heterocycles. The Morgan fingerprint density at radius 1 is 0.857 bits per heavy atom. The molecule has 0 aliphatic heterocycles. The highest BCUT2D eigenvalue weighted by molar-refractivity contribution is 7.92. The Labute approximate surface area is 250 Å². The first-order chi connectivity index (χ1) is 20.0. The van der Waals surface area contributed by atoms with Crippen LogP contribution in [0, 0.1) is 0 Å². The Hall–Kier alpha value is -3.85. The van der Waals surface area contributed by atoms with Gasteiger partial charge in [0.1, 0.15) is 18.3 Å². The van der Waals surface area contributed by atoms with Crippen LogP contribution >= 0.6 is 0 Å². The van der Waals surface area contributed by atoms with E-state index in [9.17, 15) is 18.0 Å². The summed E-state index contributed by atoms with van der Waals surface area (Å²) in [6.07, 6.45) is 1.10. The molecule has 3 rings (SSSR count). The lowest BCUT2D eigenvalue weighted by atomic mass is 10.0. The summed E-state index contributed by atoms with van der Waals surface area (Å²) in [6, 6.07) is 21.7. The van der Waals surface area contributed by atoms with E-state index in [0.29, 0.717) is 17.9 Å². The van der Waals surface area contributed by atoms with Crippen LogP contribution in [0.4, 0.5) is 5.69 Å². The quantitative estimate of drug-likeness (QED) is 0.257. The number of benzene rings is 3. The molecule has 0 heterocycles. The van der Waals surface area contributed by atoms with E-state index in [1.807, 2.05) is 45.0 Å². The Morgan fingerprint density at radius 3 is 2.00 bits per heavy atom. The number of carbonyl (C=O) groups is 2. The van der Waals surface area contributed by atoms with E-state index in [4.69, 9.17) is 4.74 Å². The van der Waals surface area contributed by atoms with Crippen LogP contribution in [0.3, 0.4) is 0 Å². The van der Waals surface area contributed by atoms with Crippen molar-refractivity contribution in [3.05, 3.63) is 90.0 Å². The molecule has 0 aliphatic carbocycles. The van der Waals surface area contributed by atoms with Gasteiger partial charge in [-0.1, -0.05) is 70.2 Å². The Morgan fingerprint density at radius 2 is 1.48 bits per heavy atom. The lowest BCUT2D eigenvalue weighted by molar-refractivity contribution is -0.140. The van der Waals surface area contributed by atoms with E-state index in [-0.39, 0.29) is 29.3 Å². The van der Waals surface area contributed by atoms with Crippen molar-refractivity contribution in [3.8, 4) is 5.75 Å². The normalized spacial score (nSPS) is 12.8. The van der Waals surface area contributed by atoms with Gasteiger partial charge >= 0.3 is 0 Å². The average molecular weight is 594 g/mol. The lowest BCUT2D eigenvalue weighted by Gasteiger charge is -2.33. The molecular formula is C33H43N3O5S. The van der Waals surface area contributed by atoms with E-state index in [0.717, 1.165) is 21.9 Å². The summed E-state index contributed by atoms with van der Waals surface area (Å²) in [5, 5.41) is 2.99. The smallest absolute Gasteiger partial charge is 0.264 e. The summed E-state index contributed by atoms with van der Waals surface area (Å²) < 4.78 is 34.3. The van der Waals surface area contributed by atoms with E-state index < -0.39 is 28.5 Å². The van der Waals surface area contributed by atoms with Crippen LogP contribution in [0.15, 0.2) is 83.8 Å². The van der Waals surface area contributed by atoms with Crippen molar-refractivity contribution in [1.29, 1.82) is 0 Å². The second kappa shape index (κ2) is 14.9. The number of hydrogen-bond acceptors (Lipinski definition) is 5. The molecule has 0 saturated heterocycles. The summed E-state index contributed by atoms with van der Waals surface area (Å²) in [5.74, 6) is 0.175. The fourth-order valence-corrected chi connectivity index (χ4v) is 6.00. The number of nitrogens with zero attached hydrogens (tertiary/aromatic N) is 2. The standard InChI is InChI=1S/C33H43N3O5S/c1-7-25(5)34-33(38)31(8-2)35(22-26-14-20-29(41-6)21-15-26)32(37)23-36(28-18-16-27(17-19-28)24(3)4)42(39,40)30-12-10-9-11-13-30/h9-21,24-25,31H,7-8,22-23H2,1-6H3,(H,34,38). The van der Waals surface area contributed by atoms with Crippen molar-refractivity contribution in [1.82, 2.24) is 10.2 Å². The molecular weight excluding hydrogens is 550 g/mol. The van der Waals surface area contributed by atoms with Gasteiger partial charge in [0, 0.05) is 12.6 Å². The summed E-state index contributed by atoms with van der Waals surface area (Å²) in [5.41, 5.74) is 2.21. The summed E-state index contributed by atoms with van der Waals surface area (Å²) >= 11 is 0. The first-order valence-corrected chi connectivity index (χ1v) is 15.9. The number of hydrogen-bond donors (Lipinski definition) is 1. The zero-order valence-corrected chi connectivity index (χ0v) is 26.2. The molecule has 0 spiro atoms. The predicted molar refractivity (Wildman–Crippen MR) is 167 cm³/mol. The minimum Gasteiger partial charge on any atom is -0.497 e. The van der Waals surface area contributed by atoms with Gasteiger partial charge in [0.25, 0.3) is 10.0 Å². The predicted octanol–water partition coefficient (Wildman–Crippen LogP) is 5.74. The van der Waals surface area contributed by atoms with Gasteiger partial charge in [0.05, 0.1) is 17.7 Å². The topological polar surface area (TPSA) is 96.0 Å². The van der Waals surface area contributed by atoms with Crippen LogP contribution in [0.5, 0.6) is 5.75 Å². The molecule has 0 aliphatic rings. The number of nitrogens with one attached hydrogen (secondary N) is 1. The van der Waals surface area contributed by atoms with Crippen molar-refractivity contribution in [2.24, 2.45) is 0 Å². The van der Waals surface area contributed by atoms with Crippen molar-refractivity contribution < 1.29 is 22.7 Å². The minimum absolute atomic E-state index is 0.0704. The molecule has 42 heavy (non-hydrogen) atoms. The number of anilines is 1. The largest absolute Gasteiger partial charge is 0.497 e. The number of ether oxygens (including phenoxy) is 1. The molecule has 0 bridgehead atoms. The van der Waals surface area contributed by atoms with Crippen molar-refractivity contribution >= 4 is 27.5 Å². The highest BCUT2D eigenvalue weighted by Gasteiger charge is 2.34. The number of methoxy groups -OCH3 is 1. The molecule has 226 valence electrons. The second-order valence-corrected chi connectivity index (χ2v) is 12.5. The molecule has 2 atom stereocenters. The van der Waals surface area contributed by atoms with Crippen LogP contribution < -0.4 is 14.4 Å². The van der Waals surface area contributed by atoms with Gasteiger partial charge in [-0.05, 0) is 73.2 Å². The third kappa shape index (κ3) is 8.12. The van der Waals surface area contributed by atoms with E-state index in [1.54, 1.807) is 49.6 Å². The third-order valence-electron chi connectivity index (χ3n) is 7.36. The van der Waals surface area contributed by atoms with E-state index in [2.05, 4.69) is 19.2 Å². The Balaban J connectivity index is 2.05. The van der Waals surface area contributed by atoms with Crippen molar-refractivity contribution in [2.45, 2.75) is 76.9 Å². The highest BCUT2D eigenvalue weighted by Crippen LogP contribution is 2.27. The molecule has 2 amide bonds. The van der Waals surface area contributed by atoms with Gasteiger partial charge in [-0.3, -0.25) is 13.9 Å². The van der Waals surface area contributed by atoms with Gasteiger partial charge in [0.2, 0.25) is 11.8 Å². The maximum absolute atomic E-state index is 14.2. The average Bonchev–Trinajstić information content (AvgIpc) is 3.00. The number of amides is 2. The highest BCUT2D eigenvalue weighted by atomic mass is 32.2. The van der Waals surface area contributed by atoms with Gasteiger partial charge in [-0.2, -0.15) is 0 Å². The molecule has 0 fully saturated rings. The monoisotopic (exact) mass is 593 g/mol. The molecule has 2 unspecified atom stereocenters. The molecule has 3 aromatic rings. The Kier molecular flexibility index (Phi) is 11.6. The number of carbonyl (C=O) groups excluding carboxylic acids is 2. The zero-order valence-electron chi connectivity index (χ0n) is 25.4. The van der Waals surface area contributed by atoms with Crippen LogP contribution in [-0.4, -0.2) is 50.9 Å². The van der Waals surface area contributed by atoms with Crippen molar-refractivity contribution in [3.63, 3.8) is 0 Å². The Bertz CT molecular complexity index is 1410. The third-order valence-corrected chi connectivity index (χ3v) is 9.14. The van der Waals surface area contributed by atoms with E-state index >= 15 is 0 Å². The number of rotatable bonds is 14. The lowest BCUT2D eigenvalue weighted by Crippen LogP contribution is -2.53. The van der Waals surface area contributed by atoms with Gasteiger partial charge in [-0.15, -0.1) is 0 Å². The summed E-state index contributed by atoms with van der Waals surface area (Å²) in [6.45, 7) is 9.51. The van der Waals surface area contributed by atoms with Crippen LogP contribution in [0.1, 0.15) is 64.5 Å².